The summed E-state index contributed by atoms with van der Waals surface area (Å²) in [5.74, 6) is 0.461. The van der Waals surface area contributed by atoms with Crippen molar-refractivity contribution in [1.29, 1.82) is 0 Å². The van der Waals surface area contributed by atoms with Crippen LogP contribution in [0, 0.1) is 0 Å². The second kappa shape index (κ2) is 6.20. The maximum Gasteiger partial charge on any atom is 0.0726 e. The molecular weight excluding hydrogens is 282 g/mol. The maximum absolute atomic E-state index is 6.02. The normalized spacial score (nSPS) is 20.1. The van der Waals surface area contributed by atoms with Crippen molar-refractivity contribution >= 4 is 28.2 Å². The number of hydrogen-bond donors (Lipinski definition) is 0. The summed E-state index contributed by atoms with van der Waals surface area (Å²) in [6.45, 7) is 8.90. The number of aromatic nitrogens is 1. The number of alkyl halides is 1. The molecule has 0 spiro atoms. The van der Waals surface area contributed by atoms with Gasteiger partial charge in [0.1, 0.15) is 0 Å². The van der Waals surface area contributed by atoms with Crippen molar-refractivity contribution in [3.05, 3.63) is 36.0 Å². The van der Waals surface area contributed by atoms with E-state index in [9.17, 15) is 0 Å². The first-order valence-electron chi connectivity index (χ1n) is 7.66. The summed E-state index contributed by atoms with van der Waals surface area (Å²) in [6.07, 6.45) is 0. The van der Waals surface area contributed by atoms with Gasteiger partial charge in [-0.1, -0.05) is 25.1 Å². The average molecular weight is 304 g/mol. The molecule has 112 valence electrons. The molecule has 0 aliphatic carbocycles. The second-order valence-corrected chi connectivity index (χ2v) is 5.97. The van der Waals surface area contributed by atoms with Gasteiger partial charge in [-0.2, -0.15) is 0 Å². The summed E-state index contributed by atoms with van der Waals surface area (Å²) in [5.41, 5.74) is 3.27. The number of nitrogens with zero attached hydrogens (tertiary/aromatic N) is 3. The highest BCUT2D eigenvalue weighted by atomic mass is 35.5. The fourth-order valence-corrected chi connectivity index (χ4v) is 3.36. The number of hydrogen-bond acceptors (Lipinski definition) is 3. The number of piperazine rings is 1. The van der Waals surface area contributed by atoms with Gasteiger partial charge in [-0.25, -0.2) is 0 Å². The van der Waals surface area contributed by atoms with Crippen molar-refractivity contribution in [3.8, 4) is 0 Å². The minimum absolute atomic E-state index is 0.461. The van der Waals surface area contributed by atoms with E-state index < -0.39 is 0 Å². The van der Waals surface area contributed by atoms with Gasteiger partial charge in [-0.05, 0) is 25.6 Å². The van der Waals surface area contributed by atoms with Crippen LogP contribution in [0.1, 0.15) is 19.5 Å². The molecule has 1 fully saturated rings. The summed E-state index contributed by atoms with van der Waals surface area (Å²) in [4.78, 5) is 9.64. The van der Waals surface area contributed by atoms with Gasteiger partial charge in [0.05, 0.1) is 17.1 Å². The molecule has 2 heterocycles. The Kier molecular flexibility index (Phi) is 4.32. The lowest BCUT2D eigenvalue weighted by atomic mass is 10.1. The number of pyridine rings is 1. The van der Waals surface area contributed by atoms with E-state index in [1.54, 1.807) is 0 Å². The molecule has 1 aliphatic heterocycles. The van der Waals surface area contributed by atoms with Crippen LogP contribution >= 0.6 is 11.6 Å². The summed E-state index contributed by atoms with van der Waals surface area (Å²) in [6, 6.07) is 11.1. The van der Waals surface area contributed by atoms with Gasteiger partial charge in [-0.15, -0.1) is 11.6 Å². The summed E-state index contributed by atoms with van der Waals surface area (Å²) in [5, 5.41) is 1.23. The third-order valence-electron chi connectivity index (χ3n) is 4.40. The summed E-state index contributed by atoms with van der Waals surface area (Å²) < 4.78 is 0. The Balaban J connectivity index is 1.99. The number of benzene rings is 1. The number of fused-ring (bicyclic) bond motifs is 1. The van der Waals surface area contributed by atoms with Crippen molar-refractivity contribution in [3.63, 3.8) is 0 Å². The monoisotopic (exact) mass is 303 g/mol. The van der Waals surface area contributed by atoms with Gasteiger partial charge in [0.15, 0.2) is 0 Å². The molecule has 3 nitrogen and oxygen atoms in total. The molecule has 0 saturated carbocycles. The van der Waals surface area contributed by atoms with Crippen LogP contribution in [-0.4, -0.2) is 42.1 Å². The smallest absolute Gasteiger partial charge is 0.0726 e. The number of halogens is 1. The molecule has 1 aromatic heterocycles. The molecule has 1 aromatic carbocycles. The molecule has 3 rings (SSSR count). The van der Waals surface area contributed by atoms with Gasteiger partial charge in [0.2, 0.25) is 0 Å². The predicted molar refractivity (Wildman–Crippen MR) is 90.2 cm³/mol. The van der Waals surface area contributed by atoms with Crippen LogP contribution in [0.25, 0.3) is 10.9 Å². The van der Waals surface area contributed by atoms with E-state index in [1.165, 1.54) is 11.1 Å². The van der Waals surface area contributed by atoms with Crippen LogP contribution in [0.3, 0.4) is 0 Å². The quantitative estimate of drug-likeness (QED) is 0.809. The Bertz CT molecular complexity index is 628. The highest BCUT2D eigenvalue weighted by Crippen LogP contribution is 2.29. The van der Waals surface area contributed by atoms with E-state index >= 15 is 0 Å². The number of likely N-dealkylation sites (N-methyl/N-ethyl adjacent to an activating group) is 1. The summed E-state index contributed by atoms with van der Waals surface area (Å²) in [7, 11) is 0. The maximum atomic E-state index is 6.02. The van der Waals surface area contributed by atoms with Gasteiger partial charge in [0.25, 0.3) is 0 Å². The fourth-order valence-electron chi connectivity index (χ4n) is 3.22. The zero-order chi connectivity index (χ0) is 14.8. The molecule has 2 aromatic rings. The summed E-state index contributed by atoms with van der Waals surface area (Å²) >= 11 is 6.02. The zero-order valence-electron chi connectivity index (χ0n) is 12.7. The molecule has 1 aliphatic rings. The Morgan fingerprint density at radius 2 is 2.10 bits per heavy atom. The Hall–Kier alpha value is -1.32. The third-order valence-corrected chi connectivity index (χ3v) is 4.67. The van der Waals surface area contributed by atoms with Crippen molar-refractivity contribution in [2.24, 2.45) is 0 Å². The Morgan fingerprint density at radius 3 is 2.81 bits per heavy atom. The lowest BCUT2D eigenvalue weighted by Gasteiger charge is -2.41. The third kappa shape index (κ3) is 2.85. The van der Waals surface area contributed by atoms with Crippen molar-refractivity contribution in [2.75, 3.05) is 31.1 Å². The first-order chi connectivity index (χ1) is 10.2. The van der Waals surface area contributed by atoms with Crippen LogP contribution in [0.15, 0.2) is 30.3 Å². The van der Waals surface area contributed by atoms with Crippen molar-refractivity contribution in [2.45, 2.75) is 25.8 Å². The molecule has 1 unspecified atom stereocenters. The van der Waals surface area contributed by atoms with Crippen LogP contribution in [0.5, 0.6) is 0 Å². The zero-order valence-corrected chi connectivity index (χ0v) is 13.5. The van der Waals surface area contributed by atoms with Gasteiger partial charge < -0.3 is 4.90 Å². The molecule has 0 amide bonds. The number of anilines is 1. The van der Waals surface area contributed by atoms with Crippen molar-refractivity contribution in [1.82, 2.24) is 9.88 Å². The van der Waals surface area contributed by atoms with Crippen molar-refractivity contribution < 1.29 is 0 Å². The van der Waals surface area contributed by atoms with Crippen LogP contribution in [0.2, 0.25) is 0 Å². The SMILES string of the molecule is CCN1CCN(c2cc(CCl)nc3ccccc23)CC1C. The second-order valence-electron chi connectivity index (χ2n) is 5.71. The first-order valence-corrected chi connectivity index (χ1v) is 8.20. The lowest BCUT2D eigenvalue weighted by Crippen LogP contribution is -2.51. The van der Waals surface area contributed by atoms with E-state index in [2.05, 4.69) is 52.9 Å². The number of rotatable bonds is 3. The van der Waals surface area contributed by atoms with E-state index in [1.807, 2.05) is 6.07 Å². The molecular formula is C17H22ClN3. The van der Waals surface area contributed by atoms with E-state index in [0.29, 0.717) is 11.9 Å². The Labute approximate surface area is 131 Å². The Morgan fingerprint density at radius 1 is 1.29 bits per heavy atom. The first kappa shape index (κ1) is 14.6. The van der Waals surface area contributed by atoms with Crippen LogP contribution in [0.4, 0.5) is 5.69 Å². The van der Waals surface area contributed by atoms with Gasteiger partial charge >= 0.3 is 0 Å². The molecule has 0 radical (unpaired) electrons. The van der Waals surface area contributed by atoms with E-state index in [0.717, 1.165) is 37.4 Å². The molecule has 21 heavy (non-hydrogen) atoms. The largest absolute Gasteiger partial charge is 0.368 e. The lowest BCUT2D eigenvalue weighted by molar-refractivity contribution is 0.199. The molecule has 1 atom stereocenters. The number of para-hydroxylation sites is 1. The average Bonchev–Trinajstić information content (AvgIpc) is 2.53. The standard InChI is InChI=1S/C17H22ClN3/c1-3-20-8-9-21(12-13(20)2)17-10-14(11-18)19-16-7-5-4-6-15(16)17/h4-7,10,13H,3,8-9,11-12H2,1-2H3. The molecule has 0 bridgehead atoms. The van der Waals surface area contributed by atoms with Gasteiger partial charge in [-0.3, -0.25) is 9.88 Å². The van der Waals surface area contributed by atoms with Crippen LogP contribution < -0.4 is 4.90 Å². The topological polar surface area (TPSA) is 19.4 Å². The highest BCUT2D eigenvalue weighted by molar-refractivity contribution is 6.17. The molecule has 0 N–H and O–H groups in total. The van der Waals surface area contributed by atoms with E-state index in [-0.39, 0.29) is 0 Å². The van der Waals surface area contributed by atoms with Crippen LogP contribution in [-0.2, 0) is 5.88 Å². The van der Waals surface area contributed by atoms with Gasteiger partial charge in [0, 0.05) is 36.7 Å². The fraction of sp³-hybridized carbons (Fsp3) is 0.471. The highest BCUT2D eigenvalue weighted by Gasteiger charge is 2.23. The molecule has 1 saturated heterocycles. The molecule has 4 heteroatoms. The van der Waals surface area contributed by atoms with E-state index in [4.69, 9.17) is 11.6 Å². The minimum Gasteiger partial charge on any atom is -0.368 e. The predicted octanol–water partition coefficient (Wildman–Crippen LogP) is 3.50. The minimum atomic E-state index is 0.461.